The molecule has 2 fully saturated rings. The van der Waals surface area contributed by atoms with E-state index in [0.717, 1.165) is 11.8 Å². The quantitative estimate of drug-likeness (QED) is 0.793. The third-order valence-corrected chi connectivity index (χ3v) is 4.21. The van der Waals surface area contributed by atoms with E-state index in [1.807, 2.05) is 0 Å². The molecule has 2 N–H and O–H groups in total. The number of rotatable bonds is 4. The summed E-state index contributed by atoms with van der Waals surface area (Å²) >= 11 is 0. The molecular weight excluding hydrogens is 215 g/mol. The van der Waals surface area contributed by atoms with Gasteiger partial charge in [-0.1, -0.05) is 12.8 Å². The Bertz CT molecular complexity index is 227. The molecule has 0 saturated heterocycles. The Morgan fingerprint density at radius 3 is 2.19 bits per heavy atom. The van der Waals surface area contributed by atoms with Gasteiger partial charge in [0, 0.05) is 12.5 Å². The summed E-state index contributed by atoms with van der Waals surface area (Å²) in [5, 5.41) is 0. The number of fused-ring (bicyclic) bond motifs is 1. The predicted octanol–water partition coefficient (Wildman–Crippen LogP) is 3.48. The van der Waals surface area contributed by atoms with Gasteiger partial charge in [0.05, 0.1) is 0 Å². The molecule has 2 saturated carbocycles. The molecule has 4 heteroatoms. The maximum absolute atomic E-state index is 12.0. The van der Waals surface area contributed by atoms with E-state index in [1.165, 1.54) is 25.7 Å². The second-order valence-electron chi connectivity index (χ2n) is 5.36. The molecule has 94 valence electrons. The van der Waals surface area contributed by atoms with Crippen molar-refractivity contribution in [3.8, 4) is 0 Å². The summed E-state index contributed by atoms with van der Waals surface area (Å²) in [5.74, 6) is 2.03. The first kappa shape index (κ1) is 12.2. The number of halogens is 3. The van der Waals surface area contributed by atoms with Crippen molar-refractivity contribution in [2.45, 2.75) is 57.2 Å². The van der Waals surface area contributed by atoms with Crippen LogP contribution in [0.4, 0.5) is 13.2 Å². The minimum atomic E-state index is -4.02. The van der Waals surface area contributed by atoms with E-state index in [1.54, 1.807) is 0 Å². The maximum atomic E-state index is 12.0. The number of nitrogens with two attached hydrogens (primary N) is 1. The fourth-order valence-electron chi connectivity index (χ4n) is 3.41. The lowest BCUT2D eigenvalue weighted by Gasteiger charge is -2.12. The first-order chi connectivity index (χ1) is 7.49. The lowest BCUT2D eigenvalue weighted by Crippen LogP contribution is -2.24. The predicted molar refractivity (Wildman–Crippen MR) is 56.8 cm³/mol. The molecule has 0 heterocycles. The molecule has 0 bridgehead atoms. The van der Waals surface area contributed by atoms with Gasteiger partial charge in [-0.25, -0.2) is 0 Å². The van der Waals surface area contributed by atoms with Gasteiger partial charge in [0.2, 0.25) is 0 Å². The minimum absolute atomic E-state index is 0.00968. The molecule has 1 nitrogen and oxygen atoms in total. The number of hydrogen-bond donors (Lipinski definition) is 1. The first-order valence-corrected chi connectivity index (χ1v) is 6.31. The monoisotopic (exact) mass is 235 g/mol. The smallest absolute Gasteiger partial charge is 0.327 e. The number of hydrogen-bond acceptors (Lipinski definition) is 1. The van der Waals surface area contributed by atoms with Crippen molar-refractivity contribution < 1.29 is 13.2 Å². The van der Waals surface area contributed by atoms with Crippen LogP contribution >= 0.6 is 0 Å². The third kappa shape index (κ3) is 2.90. The molecule has 0 amide bonds. The van der Waals surface area contributed by atoms with Gasteiger partial charge in [-0.2, -0.15) is 13.2 Å². The van der Waals surface area contributed by atoms with Crippen LogP contribution < -0.4 is 5.73 Å². The van der Waals surface area contributed by atoms with Crippen molar-refractivity contribution in [1.29, 1.82) is 0 Å². The van der Waals surface area contributed by atoms with Gasteiger partial charge < -0.3 is 5.73 Å². The normalized spacial score (nSPS) is 35.6. The molecule has 2 aliphatic rings. The van der Waals surface area contributed by atoms with Crippen LogP contribution in [-0.4, -0.2) is 12.2 Å². The molecule has 0 aromatic carbocycles. The minimum Gasteiger partial charge on any atom is -0.327 e. The van der Waals surface area contributed by atoms with Crippen molar-refractivity contribution in [2.75, 3.05) is 0 Å². The average molecular weight is 235 g/mol. The van der Waals surface area contributed by atoms with Gasteiger partial charge in [0.25, 0.3) is 0 Å². The Hall–Kier alpha value is -0.250. The van der Waals surface area contributed by atoms with Crippen LogP contribution in [0.5, 0.6) is 0 Å². The largest absolute Gasteiger partial charge is 0.389 e. The molecule has 3 unspecified atom stereocenters. The maximum Gasteiger partial charge on any atom is 0.389 e. The van der Waals surface area contributed by atoms with Crippen molar-refractivity contribution in [2.24, 2.45) is 23.5 Å². The van der Waals surface area contributed by atoms with Crippen LogP contribution in [0.3, 0.4) is 0 Å². The Labute approximate surface area is 94.6 Å². The van der Waals surface area contributed by atoms with Gasteiger partial charge in [-0.05, 0) is 43.4 Å². The fraction of sp³-hybridized carbons (Fsp3) is 1.00. The van der Waals surface area contributed by atoms with Gasteiger partial charge >= 0.3 is 6.18 Å². The highest BCUT2D eigenvalue weighted by atomic mass is 19.4. The Balaban J connectivity index is 1.67. The number of alkyl halides is 3. The van der Waals surface area contributed by atoms with Gasteiger partial charge in [-0.15, -0.1) is 0 Å². The second-order valence-corrected chi connectivity index (χ2v) is 5.36. The summed E-state index contributed by atoms with van der Waals surface area (Å²) in [5.41, 5.74) is 6.00. The standard InChI is InChI=1S/C12H20F3N/c13-12(14,15)7-3-6-10(16)11-8-4-1-2-5-9(8)11/h8-11H,1-7,16H2. The molecule has 3 atom stereocenters. The van der Waals surface area contributed by atoms with E-state index in [2.05, 4.69) is 0 Å². The van der Waals surface area contributed by atoms with Gasteiger partial charge in [-0.3, -0.25) is 0 Å². The van der Waals surface area contributed by atoms with Gasteiger partial charge in [0.15, 0.2) is 0 Å². The summed E-state index contributed by atoms with van der Waals surface area (Å²) in [6.07, 6.45) is 1.11. The Morgan fingerprint density at radius 2 is 1.69 bits per heavy atom. The van der Waals surface area contributed by atoms with E-state index in [0.29, 0.717) is 12.3 Å². The van der Waals surface area contributed by atoms with E-state index in [-0.39, 0.29) is 12.5 Å². The summed E-state index contributed by atoms with van der Waals surface area (Å²) in [6, 6.07) is 0.00968. The van der Waals surface area contributed by atoms with Crippen LogP contribution in [0.15, 0.2) is 0 Å². The molecular formula is C12H20F3N. The highest BCUT2D eigenvalue weighted by Crippen LogP contribution is 2.57. The zero-order valence-electron chi connectivity index (χ0n) is 9.47. The van der Waals surface area contributed by atoms with Crippen LogP contribution in [-0.2, 0) is 0 Å². The molecule has 0 radical (unpaired) electrons. The average Bonchev–Trinajstić information content (AvgIpc) is 2.89. The molecule has 0 aliphatic heterocycles. The summed E-state index contributed by atoms with van der Waals surface area (Å²) < 4.78 is 35.9. The molecule has 2 rings (SSSR count). The first-order valence-electron chi connectivity index (χ1n) is 6.31. The molecule has 0 aromatic heterocycles. The van der Waals surface area contributed by atoms with E-state index in [9.17, 15) is 13.2 Å². The van der Waals surface area contributed by atoms with Crippen molar-refractivity contribution >= 4 is 0 Å². The lowest BCUT2D eigenvalue weighted by molar-refractivity contribution is -0.135. The van der Waals surface area contributed by atoms with Crippen LogP contribution in [0, 0.1) is 17.8 Å². The second kappa shape index (κ2) is 4.55. The van der Waals surface area contributed by atoms with Gasteiger partial charge in [0.1, 0.15) is 0 Å². The summed E-state index contributed by atoms with van der Waals surface area (Å²) in [7, 11) is 0. The summed E-state index contributed by atoms with van der Waals surface area (Å²) in [4.78, 5) is 0. The third-order valence-electron chi connectivity index (χ3n) is 4.21. The highest BCUT2D eigenvalue weighted by molar-refractivity contribution is 5.03. The van der Waals surface area contributed by atoms with E-state index < -0.39 is 12.6 Å². The fourth-order valence-corrected chi connectivity index (χ4v) is 3.41. The zero-order chi connectivity index (χ0) is 11.8. The Kier molecular flexibility index (Phi) is 3.48. The van der Waals surface area contributed by atoms with E-state index in [4.69, 9.17) is 5.73 Å². The molecule has 0 aromatic rings. The highest BCUT2D eigenvalue weighted by Gasteiger charge is 2.52. The van der Waals surface area contributed by atoms with Crippen molar-refractivity contribution in [3.05, 3.63) is 0 Å². The van der Waals surface area contributed by atoms with Crippen LogP contribution in [0.2, 0.25) is 0 Å². The molecule has 2 aliphatic carbocycles. The van der Waals surface area contributed by atoms with E-state index >= 15 is 0 Å². The molecule has 16 heavy (non-hydrogen) atoms. The van der Waals surface area contributed by atoms with Crippen molar-refractivity contribution in [1.82, 2.24) is 0 Å². The SMILES string of the molecule is NC(CCCC(F)(F)F)C1C2CCCCC21. The lowest BCUT2D eigenvalue weighted by atomic mass is 10.0. The Morgan fingerprint density at radius 1 is 1.12 bits per heavy atom. The zero-order valence-corrected chi connectivity index (χ0v) is 9.47. The topological polar surface area (TPSA) is 26.0 Å². The van der Waals surface area contributed by atoms with Crippen molar-refractivity contribution in [3.63, 3.8) is 0 Å². The van der Waals surface area contributed by atoms with Crippen LogP contribution in [0.25, 0.3) is 0 Å². The molecule has 0 spiro atoms. The summed E-state index contributed by atoms with van der Waals surface area (Å²) in [6.45, 7) is 0. The van der Waals surface area contributed by atoms with Crippen LogP contribution in [0.1, 0.15) is 44.9 Å².